The van der Waals surface area contributed by atoms with Gasteiger partial charge in [0.05, 0.1) is 0 Å². The van der Waals surface area contributed by atoms with Crippen molar-refractivity contribution < 1.29 is 4.52 Å². The molecule has 0 saturated heterocycles. The van der Waals surface area contributed by atoms with Crippen molar-refractivity contribution in [3.8, 4) is 0 Å². The third kappa shape index (κ3) is 4.13. The summed E-state index contributed by atoms with van der Waals surface area (Å²) in [7, 11) is 0. The van der Waals surface area contributed by atoms with E-state index in [2.05, 4.69) is 34.3 Å². The molecule has 1 atom stereocenters. The highest BCUT2D eigenvalue weighted by Crippen LogP contribution is 2.08. The smallest absolute Gasteiger partial charge is 0.228 e. The summed E-state index contributed by atoms with van der Waals surface area (Å²) >= 11 is 0. The van der Waals surface area contributed by atoms with Gasteiger partial charge < -0.3 is 9.84 Å². The van der Waals surface area contributed by atoms with Gasteiger partial charge in [-0.3, -0.25) is 4.98 Å². The number of nitrogens with one attached hydrogen (secondary N) is 1. The molecule has 0 aliphatic carbocycles. The highest BCUT2D eigenvalue weighted by Gasteiger charge is 2.12. The van der Waals surface area contributed by atoms with Gasteiger partial charge in [-0.05, 0) is 30.7 Å². The van der Waals surface area contributed by atoms with Gasteiger partial charge in [0.15, 0.2) is 5.82 Å². The first-order chi connectivity index (χ1) is 9.31. The normalized spacial score (nSPS) is 12.5. The van der Waals surface area contributed by atoms with Gasteiger partial charge in [-0.25, -0.2) is 0 Å². The van der Waals surface area contributed by atoms with E-state index in [0.29, 0.717) is 18.4 Å². The lowest BCUT2D eigenvalue weighted by atomic mass is 10.1. The summed E-state index contributed by atoms with van der Waals surface area (Å²) in [5.74, 6) is 1.43. The molecule has 0 saturated carbocycles. The third-order valence-corrected chi connectivity index (χ3v) is 3.03. The molecular weight excluding hydrogens is 240 g/mol. The molecule has 0 bridgehead atoms. The first kappa shape index (κ1) is 13.7. The van der Waals surface area contributed by atoms with Gasteiger partial charge in [0, 0.05) is 31.3 Å². The monoisotopic (exact) mass is 260 g/mol. The molecule has 19 heavy (non-hydrogen) atoms. The predicted octanol–water partition coefficient (Wildman–Crippen LogP) is 1.99. The van der Waals surface area contributed by atoms with Crippen LogP contribution in [-0.4, -0.2) is 27.7 Å². The number of rotatable bonds is 7. The van der Waals surface area contributed by atoms with Gasteiger partial charge in [-0.2, -0.15) is 4.98 Å². The Labute approximate surface area is 113 Å². The maximum atomic E-state index is 5.30. The largest absolute Gasteiger partial charge is 0.339 e. The topological polar surface area (TPSA) is 63.8 Å². The highest BCUT2D eigenvalue weighted by molar-refractivity contribution is 5.14. The van der Waals surface area contributed by atoms with Gasteiger partial charge in [-0.1, -0.05) is 19.0 Å². The van der Waals surface area contributed by atoms with Crippen LogP contribution in [0.5, 0.6) is 0 Å². The lowest BCUT2D eigenvalue weighted by Gasteiger charge is -2.12. The van der Waals surface area contributed by atoms with Crippen LogP contribution in [0.15, 0.2) is 29.0 Å². The SMILES string of the molecule is CCNC(CC)Cc1nc(Cc2ccncc2)no1. The summed E-state index contributed by atoms with van der Waals surface area (Å²) in [6, 6.07) is 4.33. The van der Waals surface area contributed by atoms with Gasteiger partial charge >= 0.3 is 0 Å². The van der Waals surface area contributed by atoms with Crippen LogP contribution >= 0.6 is 0 Å². The van der Waals surface area contributed by atoms with Crippen LogP contribution in [0.25, 0.3) is 0 Å². The van der Waals surface area contributed by atoms with Crippen LogP contribution in [0.4, 0.5) is 0 Å². The Kier molecular flexibility index (Phi) is 5.03. The van der Waals surface area contributed by atoms with Crippen molar-refractivity contribution in [1.82, 2.24) is 20.4 Å². The van der Waals surface area contributed by atoms with Crippen molar-refractivity contribution in [2.75, 3.05) is 6.54 Å². The quantitative estimate of drug-likeness (QED) is 0.824. The molecule has 0 aliphatic rings. The Balaban J connectivity index is 1.95. The second kappa shape index (κ2) is 6.99. The molecule has 0 spiro atoms. The van der Waals surface area contributed by atoms with E-state index >= 15 is 0 Å². The van der Waals surface area contributed by atoms with Crippen molar-refractivity contribution in [3.05, 3.63) is 41.8 Å². The molecule has 0 aromatic carbocycles. The van der Waals surface area contributed by atoms with Crippen LogP contribution in [0.3, 0.4) is 0 Å². The summed E-state index contributed by atoms with van der Waals surface area (Å²) in [5.41, 5.74) is 1.14. The second-order valence-corrected chi connectivity index (χ2v) is 4.50. The number of hydrogen-bond acceptors (Lipinski definition) is 5. The Morgan fingerprint density at radius 2 is 2.05 bits per heavy atom. The summed E-state index contributed by atoms with van der Waals surface area (Å²) in [4.78, 5) is 8.43. The van der Waals surface area contributed by atoms with Gasteiger partial charge in [0.25, 0.3) is 0 Å². The molecule has 5 nitrogen and oxygen atoms in total. The minimum absolute atomic E-state index is 0.402. The average molecular weight is 260 g/mol. The molecule has 1 unspecified atom stereocenters. The van der Waals surface area contributed by atoms with E-state index in [9.17, 15) is 0 Å². The van der Waals surface area contributed by atoms with E-state index in [1.165, 1.54) is 0 Å². The van der Waals surface area contributed by atoms with Crippen LogP contribution in [0.1, 0.15) is 37.5 Å². The van der Waals surface area contributed by atoms with Gasteiger partial charge in [0.1, 0.15) is 0 Å². The van der Waals surface area contributed by atoms with Gasteiger partial charge in [-0.15, -0.1) is 0 Å². The molecule has 2 heterocycles. The van der Waals surface area contributed by atoms with E-state index in [1.54, 1.807) is 12.4 Å². The molecule has 2 rings (SSSR count). The number of aromatic nitrogens is 3. The molecule has 1 N–H and O–H groups in total. The molecular formula is C14H20N4O. The van der Waals surface area contributed by atoms with Crippen LogP contribution in [-0.2, 0) is 12.8 Å². The maximum Gasteiger partial charge on any atom is 0.228 e. The highest BCUT2D eigenvalue weighted by atomic mass is 16.5. The molecule has 0 amide bonds. The maximum absolute atomic E-state index is 5.30. The number of hydrogen-bond donors (Lipinski definition) is 1. The van der Waals surface area contributed by atoms with Crippen molar-refractivity contribution in [1.29, 1.82) is 0 Å². The molecule has 0 fully saturated rings. The summed E-state index contributed by atoms with van der Waals surface area (Å²) in [5, 5.41) is 7.43. The number of likely N-dealkylation sites (N-methyl/N-ethyl adjacent to an activating group) is 1. The van der Waals surface area contributed by atoms with E-state index in [4.69, 9.17) is 4.52 Å². The molecule has 5 heteroatoms. The Bertz CT molecular complexity index is 483. The van der Waals surface area contributed by atoms with Crippen LogP contribution in [0, 0.1) is 0 Å². The van der Waals surface area contributed by atoms with E-state index in [1.807, 2.05) is 12.1 Å². The summed E-state index contributed by atoms with van der Waals surface area (Å²) < 4.78 is 5.30. The predicted molar refractivity (Wildman–Crippen MR) is 72.8 cm³/mol. The van der Waals surface area contributed by atoms with Crippen LogP contribution < -0.4 is 5.32 Å². The lowest BCUT2D eigenvalue weighted by Crippen LogP contribution is -2.30. The molecule has 0 aliphatic heterocycles. The zero-order valence-corrected chi connectivity index (χ0v) is 11.5. The standard InChI is InChI=1S/C14H20N4O/c1-3-12(16-4-2)10-14-17-13(18-19-14)9-11-5-7-15-8-6-11/h5-8,12,16H,3-4,9-10H2,1-2H3. The Morgan fingerprint density at radius 1 is 1.26 bits per heavy atom. The fourth-order valence-corrected chi connectivity index (χ4v) is 1.99. The van der Waals surface area contributed by atoms with Gasteiger partial charge in [0.2, 0.25) is 5.89 Å². The lowest BCUT2D eigenvalue weighted by molar-refractivity contribution is 0.352. The Morgan fingerprint density at radius 3 is 2.74 bits per heavy atom. The van der Waals surface area contributed by atoms with E-state index < -0.39 is 0 Å². The summed E-state index contributed by atoms with van der Waals surface area (Å²) in [6.45, 7) is 5.21. The number of pyridine rings is 1. The van der Waals surface area contributed by atoms with Crippen LogP contribution in [0.2, 0.25) is 0 Å². The fraction of sp³-hybridized carbons (Fsp3) is 0.500. The first-order valence-corrected chi connectivity index (χ1v) is 6.75. The van der Waals surface area contributed by atoms with E-state index in [-0.39, 0.29) is 0 Å². The molecule has 0 radical (unpaired) electrons. The van der Waals surface area contributed by atoms with Crippen molar-refractivity contribution in [2.45, 2.75) is 39.2 Å². The Hall–Kier alpha value is -1.75. The first-order valence-electron chi connectivity index (χ1n) is 6.75. The minimum atomic E-state index is 0.402. The number of nitrogens with zero attached hydrogens (tertiary/aromatic N) is 3. The summed E-state index contributed by atoms with van der Waals surface area (Å²) in [6.07, 6.45) is 6.07. The van der Waals surface area contributed by atoms with Crippen molar-refractivity contribution in [3.63, 3.8) is 0 Å². The third-order valence-electron chi connectivity index (χ3n) is 3.03. The fourth-order valence-electron chi connectivity index (χ4n) is 1.99. The molecule has 102 valence electrons. The van der Waals surface area contributed by atoms with E-state index in [0.717, 1.165) is 30.8 Å². The van der Waals surface area contributed by atoms with Crippen molar-refractivity contribution in [2.24, 2.45) is 0 Å². The average Bonchev–Trinajstić information content (AvgIpc) is 2.86. The zero-order chi connectivity index (χ0) is 13.5. The molecule has 2 aromatic heterocycles. The molecule has 2 aromatic rings. The van der Waals surface area contributed by atoms with Crippen molar-refractivity contribution >= 4 is 0 Å². The minimum Gasteiger partial charge on any atom is -0.339 e. The second-order valence-electron chi connectivity index (χ2n) is 4.50. The zero-order valence-electron chi connectivity index (χ0n) is 11.5.